The average molecular weight is 223 g/mol. The lowest BCUT2D eigenvalue weighted by atomic mass is 9.93. The maximum absolute atomic E-state index is 12.1. The van der Waals surface area contributed by atoms with Crippen LogP contribution < -0.4 is 5.32 Å². The SMILES string of the molecule is CCc1ccc(C(=O)C2CCNCC2)s1. The minimum atomic E-state index is 0.259. The summed E-state index contributed by atoms with van der Waals surface area (Å²) in [5.74, 6) is 0.621. The van der Waals surface area contributed by atoms with Crippen LogP contribution in [0.1, 0.15) is 34.3 Å². The fraction of sp³-hybridized carbons (Fsp3) is 0.583. The fourth-order valence-electron chi connectivity index (χ4n) is 1.99. The van der Waals surface area contributed by atoms with Crippen LogP contribution in [0.15, 0.2) is 12.1 Å². The van der Waals surface area contributed by atoms with Gasteiger partial charge in [-0.25, -0.2) is 0 Å². The van der Waals surface area contributed by atoms with E-state index >= 15 is 0 Å². The van der Waals surface area contributed by atoms with Crippen LogP contribution in [0.2, 0.25) is 0 Å². The molecule has 0 atom stereocenters. The number of piperidine rings is 1. The number of carbonyl (C=O) groups excluding carboxylic acids is 1. The molecular formula is C12H17NOS. The van der Waals surface area contributed by atoms with E-state index in [9.17, 15) is 4.79 Å². The van der Waals surface area contributed by atoms with Gasteiger partial charge in [0.05, 0.1) is 4.88 Å². The Kier molecular flexibility index (Phi) is 3.54. The minimum Gasteiger partial charge on any atom is -0.317 e. The molecule has 0 bridgehead atoms. The monoisotopic (exact) mass is 223 g/mol. The quantitative estimate of drug-likeness (QED) is 0.798. The molecule has 1 aliphatic heterocycles. The molecule has 0 radical (unpaired) electrons. The van der Waals surface area contributed by atoms with Gasteiger partial charge >= 0.3 is 0 Å². The fourth-order valence-corrected chi connectivity index (χ4v) is 2.95. The van der Waals surface area contributed by atoms with Crippen molar-refractivity contribution in [2.45, 2.75) is 26.2 Å². The summed E-state index contributed by atoms with van der Waals surface area (Å²) in [6, 6.07) is 4.08. The maximum Gasteiger partial charge on any atom is 0.175 e. The summed E-state index contributed by atoms with van der Waals surface area (Å²) in [6.07, 6.45) is 3.03. The van der Waals surface area contributed by atoms with Crippen molar-refractivity contribution in [3.63, 3.8) is 0 Å². The van der Waals surface area contributed by atoms with Crippen molar-refractivity contribution in [2.75, 3.05) is 13.1 Å². The van der Waals surface area contributed by atoms with Crippen LogP contribution in [0.25, 0.3) is 0 Å². The summed E-state index contributed by atoms with van der Waals surface area (Å²) in [4.78, 5) is 14.4. The Morgan fingerprint density at radius 2 is 2.20 bits per heavy atom. The first-order chi connectivity index (χ1) is 7.31. The lowest BCUT2D eigenvalue weighted by Gasteiger charge is -2.20. The number of hydrogen-bond acceptors (Lipinski definition) is 3. The van der Waals surface area contributed by atoms with Gasteiger partial charge in [-0.1, -0.05) is 6.92 Å². The van der Waals surface area contributed by atoms with Crippen molar-refractivity contribution >= 4 is 17.1 Å². The average Bonchev–Trinajstić information content (AvgIpc) is 2.78. The van der Waals surface area contributed by atoms with E-state index in [1.54, 1.807) is 11.3 Å². The highest BCUT2D eigenvalue weighted by Crippen LogP contribution is 2.24. The topological polar surface area (TPSA) is 29.1 Å². The van der Waals surface area contributed by atoms with E-state index in [1.165, 1.54) is 4.88 Å². The third-order valence-corrected chi connectivity index (χ3v) is 4.21. The van der Waals surface area contributed by atoms with Gasteiger partial charge in [-0.15, -0.1) is 11.3 Å². The molecule has 1 fully saturated rings. The van der Waals surface area contributed by atoms with Crippen LogP contribution in [-0.4, -0.2) is 18.9 Å². The van der Waals surface area contributed by atoms with E-state index < -0.39 is 0 Å². The Labute approximate surface area is 94.7 Å². The van der Waals surface area contributed by atoms with E-state index in [-0.39, 0.29) is 5.92 Å². The third-order valence-electron chi connectivity index (χ3n) is 2.96. The number of thiophene rings is 1. The van der Waals surface area contributed by atoms with Crippen molar-refractivity contribution < 1.29 is 4.79 Å². The van der Waals surface area contributed by atoms with E-state index in [4.69, 9.17) is 0 Å². The first-order valence-electron chi connectivity index (χ1n) is 5.65. The predicted octanol–water partition coefficient (Wildman–Crippen LogP) is 2.49. The van der Waals surface area contributed by atoms with Crippen LogP contribution >= 0.6 is 11.3 Å². The molecule has 0 unspecified atom stereocenters. The van der Waals surface area contributed by atoms with Crippen molar-refractivity contribution in [3.8, 4) is 0 Å². The van der Waals surface area contributed by atoms with Crippen LogP contribution in [0.4, 0.5) is 0 Å². The van der Waals surface area contributed by atoms with E-state index in [0.717, 1.165) is 37.2 Å². The van der Waals surface area contributed by atoms with Crippen LogP contribution in [0.3, 0.4) is 0 Å². The first kappa shape index (κ1) is 10.8. The zero-order valence-electron chi connectivity index (χ0n) is 9.08. The molecule has 15 heavy (non-hydrogen) atoms. The molecule has 0 amide bonds. The predicted molar refractivity (Wildman–Crippen MR) is 63.6 cm³/mol. The molecule has 2 nitrogen and oxygen atoms in total. The normalized spacial score (nSPS) is 17.9. The number of carbonyl (C=O) groups is 1. The highest BCUT2D eigenvalue weighted by atomic mass is 32.1. The number of aryl methyl sites for hydroxylation is 1. The molecule has 0 aromatic carbocycles. The van der Waals surface area contributed by atoms with E-state index in [1.807, 2.05) is 6.07 Å². The number of rotatable bonds is 3. The molecule has 1 aromatic rings. The van der Waals surface area contributed by atoms with Gasteiger partial charge in [-0.05, 0) is 44.5 Å². The molecular weight excluding hydrogens is 206 g/mol. The Bertz CT molecular complexity index is 339. The van der Waals surface area contributed by atoms with Gasteiger partial charge in [-0.3, -0.25) is 4.79 Å². The number of Topliss-reactive ketones (excluding diaryl/α,β-unsaturated/α-hetero) is 1. The van der Waals surface area contributed by atoms with Crippen LogP contribution in [0, 0.1) is 5.92 Å². The second-order valence-corrected chi connectivity index (χ2v) is 5.18. The molecule has 82 valence electrons. The summed E-state index contributed by atoms with van der Waals surface area (Å²) >= 11 is 1.66. The lowest BCUT2D eigenvalue weighted by molar-refractivity contribution is 0.0899. The Morgan fingerprint density at radius 3 is 2.80 bits per heavy atom. The maximum atomic E-state index is 12.1. The van der Waals surface area contributed by atoms with E-state index in [2.05, 4.69) is 18.3 Å². The summed E-state index contributed by atoms with van der Waals surface area (Å²) < 4.78 is 0. The van der Waals surface area contributed by atoms with Crippen molar-refractivity contribution in [2.24, 2.45) is 5.92 Å². The molecule has 1 aromatic heterocycles. The van der Waals surface area contributed by atoms with Gasteiger partial charge in [0.15, 0.2) is 5.78 Å². The molecule has 1 saturated heterocycles. The Balaban J connectivity index is 2.05. The molecule has 2 rings (SSSR count). The molecule has 0 spiro atoms. The van der Waals surface area contributed by atoms with Gasteiger partial charge in [0.2, 0.25) is 0 Å². The highest BCUT2D eigenvalue weighted by molar-refractivity contribution is 7.14. The zero-order valence-corrected chi connectivity index (χ0v) is 9.90. The molecule has 0 aliphatic carbocycles. The van der Waals surface area contributed by atoms with Crippen LogP contribution in [-0.2, 0) is 6.42 Å². The highest BCUT2D eigenvalue weighted by Gasteiger charge is 2.23. The van der Waals surface area contributed by atoms with Crippen molar-refractivity contribution in [1.82, 2.24) is 5.32 Å². The minimum absolute atomic E-state index is 0.259. The number of nitrogens with one attached hydrogen (secondary N) is 1. The van der Waals surface area contributed by atoms with Crippen LogP contribution in [0.5, 0.6) is 0 Å². The molecule has 2 heterocycles. The third kappa shape index (κ3) is 2.47. The largest absolute Gasteiger partial charge is 0.317 e. The van der Waals surface area contributed by atoms with Gasteiger partial charge in [0, 0.05) is 10.8 Å². The number of ketones is 1. The van der Waals surface area contributed by atoms with Gasteiger partial charge in [-0.2, -0.15) is 0 Å². The molecule has 1 aliphatic rings. The zero-order chi connectivity index (χ0) is 10.7. The van der Waals surface area contributed by atoms with E-state index in [0.29, 0.717) is 5.78 Å². The first-order valence-corrected chi connectivity index (χ1v) is 6.46. The van der Waals surface area contributed by atoms with Gasteiger partial charge in [0.1, 0.15) is 0 Å². The summed E-state index contributed by atoms with van der Waals surface area (Å²) in [7, 11) is 0. The number of hydrogen-bond donors (Lipinski definition) is 1. The summed E-state index contributed by atoms with van der Waals surface area (Å²) in [5, 5.41) is 3.29. The Morgan fingerprint density at radius 1 is 1.47 bits per heavy atom. The summed E-state index contributed by atoms with van der Waals surface area (Å²) in [6.45, 7) is 4.11. The standard InChI is InChI=1S/C12H17NOS/c1-2-10-3-4-11(15-10)12(14)9-5-7-13-8-6-9/h3-4,9,13H,2,5-8H2,1H3. The lowest BCUT2D eigenvalue weighted by Crippen LogP contribution is -2.31. The second kappa shape index (κ2) is 4.90. The molecule has 1 N–H and O–H groups in total. The molecule has 0 saturated carbocycles. The smallest absolute Gasteiger partial charge is 0.175 e. The summed E-state index contributed by atoms with van der Waals surface area (Å²) in [5.41, 5.74) is 0. The van der Waals surface area contributed by atoms with Gasteiger partial charge < -0.3 is 5.32 Å². The Hall–Kier alpha value is -0.670. The second-order valence-electron chi connectivity index (χ2n) is 4.01. The van der Waals surface area contributed by atoms with Gasteiger partial charge in [0.25, 0.3) is 0 Å². The van der Waals surface area contributed by atoms with Crippen molar-refractivity contribution in [1.29, 1.82) is 0 Å². The molecule has 3 heteroatoms. The van der Waals surface area contributed by atoms with Crippen molar-refractivity contribution in [3.05, 3.63) is 21.9 Å².